The molecule has 0 amide bonds. The maximum Gasteiger partial charge on any atom is 0.156 e. The summed E-state index contributed by atoms with van der Waals surface area (Å²) in [4.78, 5) is 3.45. The molecule has 2 aromatic rings. The van der Waals surface area contributed by atoms with Crippen LogP contribution in [0.2, 0.25) is 0 Å². The average molecular weight is 292 g/mol. The van der Waals surface area contributed by atoms with Gasteiger partial charge in [0, 0.05) is 0 Å². The predicted molar refractivity (Wildman–Crippen MR) is 78.9 cm³/mol. The van der Waals surface area contributed by atoms with E-state index in [0.29, 0.717) is 16.6 Å². The largest absolute Gasteiger partial charge is 0.489 e. The van der Waals surface area contributed by atoms with Gasteiger partial charge in [0.15, 0.2) is 4.87 Å². The summed E-state index contributed by atoms with van der Waals surface area (Å²) in [6.07, 6.45) is 0. The number of fused-ring (bicyclic) bond motifs is 1. The number of rotatable bonds is 1. The van der Waals surface area contributed by atoms with E-state index in [1.807, 2.05) is 54.6 Å². The molecular formula is C15H11Cl2NO. The van der Waals surface area contributed by atoms with Crippen LogP contribution >= 0.6 is 23.2 Å². The third kappa shape index (κ3) is 2.22. The van der Waals surface area contributed by atoms with E-state index in [0.717, 1.165) is 5.56 Å². The minimum absolute atomic E-state index is 0.248. The number of nitrogens with zero attached hydrogens (tertiary/aromatic N) is 1. The van der Waals surface area contributed by atoms with E-state index in [4.69, 9.17) is 27.9 Å². The zero-order valence-corrected chi connectivity index (χ0v) is 11.5. The first-order valence-electron chi connectivity index (χ1n) is 5.91. The number of alkyl halides is 1. The van der Waals surface area contributed by atoms with Crippen molar-refractivity contribution in [2.45, 2.75) is 4.87 Å². The second-order valence-corrected chi connectivity index (χ2v) is 5.33. The molecule has 19 heavy (non-hydrogen) atoms. The summed E-state index contributed by atoms with van der Waals surface area (Å²) in [6.45, 7) is 0.248. The lowest BCUT2D eigenvalue weighted by molar-refractivity contribution is 0.303. The summed E-state index contributed by atoms with van der Waals surface area (Å²) < 4.78 is 5.76. The molecule has 0 N–H and O–H groups in total. The molecule has 3 rings (SSSR count). The van der Waals surface area contributed by atoms with Crippen molar-refractivity contribution >= 4 is 34.1 Å². The third-order valence-corrected chi connectivity index (χ3v) is 4.08. The molecule has 0 saturated carbocycles. The topological polar surface area (TPSA) is 21.6 Å². The van der Waals surface area contributed by atoms with Gasteiger partial charge in [-0.05, 0) is 17.7 Å². The lowest BCUT2D eigenvalue weighted by Gasteiger charge is -2.24. The van der Waals surface area contributed by atoms with Gasteiger partial charge < -0.3 is 4.74 Å². The van der Waals surface area contributed by atoms with Gasteiger partial charge in [-0.2, -0.15) is 0 Å². The van der Waals surface area contributed by atoms with Gasteiger partial charge in [-0.3, -0.25) is 0 Å². The summed E-state index contributed by atoms with van der Waals surface area (Å²) in [7, 11) is 0. The maximum atomic E-state index is 6.66. The highest BCUT2D eigenvalue weighted by Crippen LogP contribution is 2.40. The van der Waals surface area contributed by atoms with E-state index in [9.17, 15) is 0 Å². The highest BCUT2D eigenvalue weighted by molar-refractivity contribution is 6.72. The predicted octanol–water partition coefficient (Wildman–Crippen LogP) is 4.48. The van der Waals surface area contributed by atoms with Crippen LogP contribution in [0, 0.1) is 0 Å². The standard InChI is InChI=1S/C15H11Cl2NO/c16-14-15(17,11-6-2-1-3-7-11)10-19-13-9-5-4-8-12(13)18-14/h1-9H,10H2. The molecule has 0 bridgehead atoms. The van der Waals surface area contributed by atoms with Crippen molar-refractivity contribution < 1.29 is 4.74 Å². The van der Waals surface area contributed by atoms with Crippen LogP contribution in [-0.4, -0.2) is 11.8 Å². The zero-order chi connectivity index (χ0) is 13.3. The fourth-order valence-corrected chi connectivity index (χ4v) is 2.48. The van der Waals surface area contributed by atoms with Crippen LogP contribution in [0.5, 0.6) is 5.75 Å². The molecule has 96 valence electrons. The molecule has 0 radical (unpaired) electrons. The first-order valence-corrected chi connectivity index (χ1v) is 6.67. The lowest BCUT2D eigenvalue weighted by Crippen LogP contribution is -2.32. The fraction of sp³-hybridized carbons (Fsp3) is 0.133. The number of aliphatic imine (C=N–C) groups is 1. The minimum Gasteiger partial charge on any atom is -0.489 e. The van der Waals surface area contributed by atoms with Crippen LogP contribution < -0.4 is 4.74 Å². The van der Waals surface area contributed by atoms with E-state index in [1.54, 1.807) is 0 Å². The van der Waals surface area contributed by atoms with Gasteiger partial charge in [-0.1, -0.05) is 54.1 Å². The molecule has 1 aliphatic heterocycles. The summed E-state index contributed by atoms with van der Waals surface area (Å²) >= 11 is 13.0. The molecule has 4 heteroatoms. The Morgan fingerprint density at radius 2 is 1.68 bits per heavy atom. The van der Waals surface area contributed by atoms with Crippen molar-refractivity contribution in [3.05, 3.63) is 60.2 Å². The van der Waals surface area contributed by atoms with Gasteiger partial charge in [0.2, 0.25) is 0 Å². The molecule has 1 unspecified atom stereocenters. The number of ether oxygens (including phenoxy) is 1. The van der Waals surface area contributed by atoms with E-state index >= 15 is 0 Å². The molecular weight excluding hydrogens is 281 g/mol. The van der Waals surface area contributed by atoms with Gasteiger partial charge >= 0.3 is 0 Å². The molecule has 1 atom stereocenters. The SMILES string of the molecule is ClC1=Nc2ccccc2OCC1(Cl)c1ccccc1. The van der Waals surface area contributed by atoms with Crippen molar-refractivity contribution in [2.24, 2.45) is 4.99 Å². The maximum absolute atomic E-state index is 6.66. The Labute approximate surface area is 121 Å². The zero-order valence-electron chi connectivity index (χ0n) is 10.0. The number of hydrogen-bond donors (Lipinski definition) is 0. The molecule has 0 aliphatic carbocycles. The van der Waals surface area contributed by atoms with Gasteiger partial charge in [-0.25, -0.2) is 4.99 Å². The first-order chi connectivity index (χ1) is 9.20. The Hall–Kier alpha value is -1.51. The molecule has 0 saturated heterocycles. The normalized spacial score (nSPS) is 21.9. The van der Waals surface area contributed by atoms with Crippen molar-refractivity contribution in [1.29, 1.82) is 0 Å². The van der Waals surface area contributed by atoms with Crippen LogP contribution in [-0.2, 0) is 4.87 Å². The Kier molecular flexibility index (Phi) is 3.21. The summed E-state index contributed by atoms with van der Waals surface area (Å²) in [5.74, 6) is 0.694. The summed E-state index contributed by atoms with van der Waals surface area (Å²) in [6, 6.07) is 17.1. The first kappa shape index (κ1) is 12.5. The molecule has 0 fully saturated rings. The van der Waals surface area contributed by atoms with Gasteiger partial charge in [0.25, 0.3) is 0 Å². The molecule has 0 spiro atoms. The fourth-order valence-electron chi connectivity index (χ4n) is 2.01. The molecule has 2 aromatic carbocycles. The van der Waals surface area contributed by atoms with Crippen LogP contribution in [0.25, 0.3) is 0 Å². The van der Waals surface area contributed by atoms with Crippen LogP contribution in [0.3, 0.4) is 0 Å². The number of para-hydroxylation sites is 2. The van der Waals surface area contributed by atoms with E-state index in [1.165, 1.54) is 0 Å². The van der Waals surface area contributed by atoms with E-state index in [2.05, 4.69) is 4.99 Å². The van der Waals surface area contributed by atoms with Crippen LogP contribution in [0.15, 0.2) is 59.6 Å². The number of hydrogen-bond acceptors (Lipinski definition) is 2. The third-order valence-electron chi connectivity index (χ3n) is 3.07. The highest BCUT2D eigenvalue weighted by atomic mass is 35.5. The van der Waals surface area contributed by atoms with Crippen LogP contribution in [0.1, 0.15) is 5.56 Å². The van der Waals surface area contributed by atoms with Gasteiger partial charge in [0.1, 0.15) is 23.2 Å². The molecule has 2 nitrogen and oxygen atoms in total. The average Bonchev–Trinajstić information content (AvgIpc) is 2.59. The Morgan fingerprint density at radius 3 is 2.47 bits per heavy atom. The monoisotopic (exact) mass is 291 g/mol. The quantitative estimate of drug-likeness (QED) is 0.710. The van der Waals surface area contributed by atoms with Crippen molar-refractivity contribution in [3.8, 4) is 5.75 Å². The molecule has 1 aliphatic rings. The lowest BCUT2D eigenvalue weighted by atomic mass is 10.0. The van der Waals surface area contributed by atoms with E-state index in [-0.39, 0.29) is 6.61 Å². The second kappa shape index (κ2) is 4.87. The molecule has 0 aromatic heterocycles. The smallest absolute Gasteiger partial charge is 0.156 e. The van der Waals surface area contributed by atoms with E-state index < -0.39 is 4.87 Å². The van der Waals surface area contributed by atoms with Crippen molar-refractivity contribution in [3.63, 3.8) is 0 Å². The van der Waals surface area contributed by atoms with Crippen LogP contribution in [0.4, 0.5) is 5.69 Å². The van der Waals surface area contributed by atoms with Gasteiger partial charge in [0.05, 0.1) is 0 Å². The Balaban J connectivity index is 2.08. The summed E-state index contributed by atoms with van der Waals surface area (Å²) in [5, 5.41) is 0.324. The number of benzene rings is 2. The summed E-state index contributed by atoms with van der Waals surface area (Å²) in [5.41, 5.74) is 1.57. The number of halogens is 2. The van der Waals surface area contributed by atoms with Gasteiger partial charge in [-0.15, -0.1) is 11.6 Å². The minimum atomic E-state index is -0.943. The Bertz CT molecular complexity index is 627. The molecule has 1 heterocycles. The second-order valence-electron chi connectivity index (χ2n) is 4.33. The highest BCUT2D eigenvalue weighted by Gasteiger charge is 2.38. The Morgan fingerprint density at radius 1 is 1.00 bits per heavy atom. The van der Waals surface area contributed by atoms with Crippen molar-refractivity contribution in [1.82, 2.24) is 0 Å². The van der Waals surface area contributed by atoms with Crippen molar-refractivity contribution in [2.75, 3.05) is 6.61 Å².